The Balaban J connectivity index is 4.73. The van der Waals surface area contributed by atoms with Gasteiger partial charge < -0.3 is 0 Å². The molecule has 0 aliphatic rings. The lowest BCUT2D eigenvalue weighted by molar-refractivity contribution is 0.944. The van der Waals surface area contributed by atoms with E-state index in [2.05, 4.69) is 5.32 Å². The van der Waals surface area contributed by atoms with E-state index < -0.39 is 0 Å². The van der Waals surface area contributed by atoms with E-state index in [9.17, 15) is 0 Å². The Morgan fingerprint density at radius 2 is 1.82 bits per heavy atom. The molecular weight excluding hydrogens is 140 g/mol. The van der Waals surface area contributed by atoms with Gasteiger partial charge in [-0.25, -0.2) is 0 Å². The van der Waals surface area contributed by atoms with Gasteiger partial charge in [-0.05, 0) is 6.42 Å². The fourth-order valence-corrected chi connectivity index (χ4v) is 0.555. The summed E-state index contributed by atoms with van der Waals surface area (Å²) in [4.78, 5) is 0. The van der Waals surface area contributed by atoms with E-state index >= 15 is 0 Å². The highest BCUT2D eigenvalue weighted by Crippen LogP contribution is 2.02. The first kappa shape index (κ1) is 9.01. The summed E-state index contributed by atoms with van der Waals surface area (Å²) in [5.74, 6) is 0. The molecule has 0 aromatic heterocycles. The smallest absolute Gasteiger partial charge is 0.181 e. The van der Waals surface area contributed by atoms with Crippen LogP contribution in [0.25, 0.3) is 0 Å². The number of hydrogen-bond acceptors (Lipinski definition) is 4. The molecule has 0 atom stereocenters. The summed E-state index contributed by atoms with van der Waals surface area (Å²) < 4.78 is 0. The third kappa shape index (κ3) is 2.39. The maximum atomic E-state index is 8.37. The van der Waals surface area contributed by atoms with Crippen LogP contribution in [-0.2, 0) is 0 Å². The predicted molar refractivity (Wildman–Crippen MR) is 37.3 cm³/mol. The minimum atomic E-state index is -0.0333. The summed E-state index contributed by atoms with van der Waals surface area (Å²) in [5, 5.41) is 27.2. The van der Waals surface area contributed by atoms with E-state index in [1.165, 1.54) is 0 Å². The van der Waals surface area contributed by atoms with E-state index in [1.807, 2.05) is 0 Å². The number of rotatable bonds is 2. The largest absolute Gasteiger partial charge is 0.295 e. The van der Waals surface area contributed by atoms with Crippen LogP contribution in [-0.4, -0.2) is 0 Å². The molecule has 0 aliphatic carbocycles. The molecule has 0 rings (SSSR count). The molecule has 54 valence electrons. The van der Waals surface area contributed by atoms with Crippen molar-refractivity contribution in [3.8, 4) is 18.3 Å². The van der Waals surface area contributed by atoms with Crippen molar-refractivity contribution in [2.24, 2.45) is 0 Å². The maximum Gasteiger partial charge on any atom is 0.181 e. The highest BCUT2D eigenvalue weighted by molar-refractivity contribution is 5.39. The summed E-state index contributed by atoms with van der Waals surface area (Å²) in [6, 6.07) is 3.38. The van der Waals surface area contributed by atoms with Crippen LogP contribution in [0, 0.1) is 34.1 Å². The minimum absolute atomic E-state index is 0.0333. The summed E-state index contributed by atoms with van der Waals surface area (Å²) >= 11 is 0. The van der Waals surface area contributed by atoms with E-state index in [0.29, 0.717) is 12.1 Å². The van der Waals surface area contributed by atoms with Crippen molar-refractivity contribution in [2.45, 2.75) is 13.3 Å². The minimum Gasteiger partial charge on any atom is -0.295 e. The number of nitriles is 3. The molecule has 0 aromatic carbocycles. The zero-order valence-electron chi connectivity index (χ0n) is 6.05. The molecule has 0 aromatic rings. The van der Waals surface area contributed by atoms with Gasteiger partial charge in [-0.2, -0.15) is 15.8 Å². The Bertz CT molecular complexity index is 265. The van der Waals surface area contributed by atoms with Crippen LogP contribution in [0.2, 0.25) is 0 Å². The molecule has 4 nitrogen and oxygen atoms in total. The van der Waals surface area contributed by atoms with E-state index in [-0.39, 0.29) is 5.57 Å². The Labute approximate surface area is 65.0 Å². The summed E-state index contributed by atoms with van der Waals surface area (Å²) in [6.45, 7) is 1.76. The molecule has 0 saturated carbocycles. The number of nitrogens with one attached hydrogen (secondary N) is 1. The fraction of sp³-hybridized carbons (Fsp3) is 0.286. The first-order valence-electron chi connectivity index (χ1n) is 2.98. The summed E-state index contributed by atoms with van der Waals surface area (Å²) in [5.41, 5.74) is 0.339. The van der Waals surface area contributed by atoms with Crippen LogP contribution in [0.5, 0.6) is 0 Å². The Kier molecular flexibility index (Phi) is 3.97. The van der Waals surface area contributed by atoms with Gasteiger partial charge in [-0.1, -0.05) is 6.92 Å². The molecule has 0 bridgehead atoms. The Morgan fingerprint density at radius 3 is 2.09 bits per heavy atom. The molecule has 0 saturated heterocycles. The number of hydrogen-bond donors (Lipinski definition) is 1. The van der Waals surface area contributed by atoms with Crippen molar-refractivity contribution in [1.29, 1.82) is 15.8 Å². The first-order chi connectivity index (χ1) is 5.29. The molecule has 11 heavy (non-hydrogen) atoms. The monoisotopic (exact) mass is 146 g/mol. The zero-order valence-corrected chi connectivity index (χ0v) is 6.05. The quantitative estimate of drug-likeness (QED) is 0.354. The van der Waals surface area contributed by atoms with Crippen LogP contribution >= 0.6 is 0 Å². The lowest BCUT2D eigenvalue weighted by Gasteiger charge is -1.97. The molecular formula is C7H6N4. The second-order valence-electron chi connectivity index (χ2n) is 1.67. The van der Waals surface area contributed by atoms with Crippen LogP contribution in [0.3, 0.4) is 0 Å². The van der Waals surface area contributed by atoms with E-state index in [4.69, 9.17) is 15.8 Å². The standard InChI is InChI=1S/C7H6N4/c1-2-7(11-5-10)6(3-8)4-9/h11H,2H2,1H3. The molecule has 0 fully saturated rings. The molecule has 0 radical (unpaired) electrons. The Morgan fingerprint density at radius 1 is 1.27 bits per heavy atom. The number of allylic oxidation sites excluding steroid dienone is 2. The van der Waals surface area contributed by atoms with Gasteiger partial charge in [0.2, 0.25) is 0 Å². The van der Waals surface area contributed by atoms with Gasteiger partial charge >= 0.3 is 0 Å². The summed E-state index contributed by atoms with van der Waals surface area (Å²) in [6.07, 6.45) is 2.13. The van der Waals surface area contributed by atoms with Crippen LogP contribution in [0.4, 0.5) is 0 Å². The van der Waals surface area contributed by atoms with Crippen molar-refractivity contribution in [2.75, 3.05) is 0 Å². The lowest BCUT2D eigenvalue weighted by Crippen LogP contribution is -2.06. The maximum absolute atomic E-state index is 8.37. The van der Waals surface area contributed by atoms with Gasteiger partial charge in [0, 0.05) is 0 Å². The van der Waals surface area contributed by atoms with E-state index in [1.54, 1.807) is 25.3 Å². The first-order valence-corrected chi connectivity index (χ1v) is 2.98. The van der Waals surface area contributed by atoms with Crippen molar-refractivity contribution < 1.29 is 0 Å². The molecule has 4 heteroatoms. The van der Waals surface area contributed by atoms with Gasteiger partial charge in [-0.15, -0.1) is 0 Å². The van der Waals surface area contributed by atoms with Crippen molar-refractivity contribution >= 4 is 0 Å². The van der Waals surface area contributed by atoms with Crippen LogP contribution in [0.15, 0.2) is 11.3 Å². The van der Waals surface area contributed by atoms with Gasteiger partial charge in [0.1, 0.15) is 17.7 Å². The zero-order chi connectivity index (χ0) is 8.69. The fourth-order valence-electron chi connectivity index (χ4n) is 0.555. The molecule has 0 aliphatic heterocycles. The van der Waals surface area contributed by atoms with Gasteiger partial charge in [0.05, 0.1) is 5.70 Å². The molecule has 1 N–H and O–H groups in total. The third-order valence-corrected chi connectivity index (χ3v) is 1.09. The van der Waals surface area contributed by atoms with Gasteiger partial charge in [0.25, 0.3) is 0 Å². The van der Waals surface area contributed by atoms with Crippen LogP contribution < -0.4 is 5.32 Å². The average molecular weight is 146 g/mol. The normalized spacial score (nSPS) is 6.73. The molecule has 0 amide bonds. The second kappa shape index (κ2) is 4.85. The highest BCUT2D eigenvalue weighted by atomic mass is 14.9. The van der Waals surface area contributed by atoms with E-state index in [0.717, 1.165) is 0 Å². The Hall–Kier alpha value is -1.99. The molecule has 0 spiro atoms. The SMILES string of the molecule is CCC(NC#N)=C(C#N)C#N. The van der Waals surface area contributed by atoms with Crippen molar-refractivity contribution in [3.63, 3.8) is 0 Å². The van der Waals surface area contributed by atoms with Gasteiger partial charge in [-0.3, -0.25) is 5.32 Å². The second-order valence-corrected chi connectivity index (χ2v) is 1.67. The average Bonchev–Trinajstić information content (AvgIpc) is 2.05. The highest BCUT2D eigenvalue weighted by Gasteiger charge is 2.01. The lowest BCUT2D eigenvalue weighted by atomic mass is 10.2. The summed E-state index contributed by atoms with van der Waals surface area (Å²) in [7, 11) is 0. The molecule has 0 unspecified atom stereocenters. The van der Waals surface area contributed by atoms with Gasteiger partial charge in [0.15, 0.2) is 6.19 Å². The van der Waals surface area contributed by atoms with Crippen molar-refractivity contribution in [3.05, 3.63) is 11.3 Å². The molecule has 0 heterocycles. The topological polar surface area (TPSA) is 83.4 Å². The van der Waals surface area contributed by atoms with Crippen LogP contribution in [0.1, 0.15) is 13.3 Å². The van der Waals surface area contributed by atoms with Crippen molar-refractivity contribution in [1.82, 2.24) is 5.32 Å². The number of nitrogens with zero attached hydrogens (tertiary/aromatic N) is 3. The predicted octanol–water partition coefficient (Wildman–Crippen LogP) is 0.768. The third-order valence-electron chi connectivity index (χ3n) is 1.09.